The summed E-state index contributed by atoms with van der Waals surface area (Å²) >= 11 is 5.83. The Kier molecular flexibility index (Phi) is 3.19. The van der Waals surface area contributed by atoms with Crippen molar-refractivity contribution in [1.82, 2.24) is 0 Å². The van der Waals surface area contributed by atoms with Crippen LogP contribution in [0.15, 0.2) is 18.2 Å². The van der Waals surface area contributed by atoms with E-state index < -0.39 is 17.9 Å². The van der Waals surface area contributed by atoms with Crippen LogP contribution in [0.3, 0.4) is 0 Å². The number of carbonyl (C=O) groups excluding carboxylic acids is 2. The van der Waals surface area contributed by atoms with Crippen molar-refractivity contribution in [2.75, 3.05) is 17.2 Å². The maximum absolute atomic E-state index is 11.7. The first-order valence-electron chi connectivity index (χ1n) is 5.15. The molecule has 1 amide bonds. The molecule has 2 rings (SSSR count). The Morgan fingerprint density at radius 1 is 1.47 bits per heavy atom. The number of ether oxygens (including phenoxy) is 1. The van der Waals surface area contributed by atoms with Gasteiger partial charge in [-0.1, -0.05) is 11.6 Å². The number of benzene rings is 1. The third-order valence-electron chi connectivity index (χ3n) is 2.32. The number of fused-ring (bicyclic) bond motifs is 1. The number of hydrogen-bond donors (Lipinski definition) is 2. The van der Waals surface area contributed by atoms with Gasteiger partial charge in [0.25, 0.3) is 5.91 Å². The molecule has 0 spiro atoms. The maximum atomic E-state index is 11.7. The van der Waals surface area contributed by atoms with Crippen LogP contribution in [0.2, 0.25) is 5.02 Å². The normalized spacial score (nSPS) is 17.8. The molecule has 1 unspecified atom stereocenters. The van der Waals surface area contributed by atoms with Crippen LogP contribution in [0.5, 0.6) is 0 Å². The number of anilines is 2. The first kappa shape index (κ1) is 11.7. The third kappa shape index (κ3) is 2.34. The standard InChI is InChI=1S/C11H11ClN2O3/c1-2-17-11(16)9-10(15)14-7-4-3-6(12)5-8(7)13-9/h3-5,9,13H,2H2,1H3,(H,14,15). The molecule has 2 N–H and O–H groups in total. The Labute approximate surface area is 103 Å². The van der Waals surface area contributed by atoms with Crippen LogP contribution in [-0.4, -0.2) is 24.5 Å². The number of rotatable bonds is 2. The van der Waals surface area contributed by atoms with Gasteiger partial charge in [-0.25, -0.2) is 4.79 Å². The van der Waals surface area contributed by atoms with Crippen LogP contribution in [0.4, 0.5) is 11.4 Å². The minimum atomic E-state index is -1.03. The van der Waals surface area contributed by atoms with Crippen molar-refractivity contribution in [2.24, 2.45) is 0 Å². The van der Waals surface area contributed by atoms with Gasteiger partial charge in [0.15, 0.2) is 0 Å². The van der Waals surface area contributed by atoms with Crippen molar-refractivity contribution < 1.29 is 14.3 Å². The van der Waals surface area contributed by atoms with Gasteiger partial charge in [0.05, 0.1) is 18.0 Å². The lowest BCUT2D eigenvalue weighted by atomic mass is 10.1. The number of esters is 1. The minimum absolute atomic E-state index is 0.229. The molecule has 1 aromatic carbocycles. The molecule has 1 aliphatic heterocycles. The summed E-state index contributed by atoms with van der Waals surface area (Å²) in [5.41, 5.74) is 1.20. The minimum Gasteiger partial charge on any atom is -0.464 e. The Balaban J connectivity index is 2.25. The van der Waals surface area contributed by atoms with E-state index in [-0.39, 0.29) is 6.61 Å². The highest BCUT2D eigenvalue weighted by Crippen LogP contribution is 2.29. The van der Waals surface area contributed by atoms with Crippen LogP contribution >= 0.6 is 11.6 Å². The van der Waals surface area contributed by atoms with Crippen molar-refractivity contribution in [3.8, 4) is 0 Å². The molecule has 90 valence electrons. The summed E-state index contributed by atoms with van der Waals surface area (Å²) in [5.74, 6) is -1.03. The van der Waals surface area contributed by atoms with Crippen LogP contribution in [0.25, 0.3) is 0 Å². The molecule has 1 heterocycles. The molecule has 0 aliphatic carbocycles. The van der Waals surface area contributed by atoms with Crippen molar-refractivity contribution in [1.29, 1.82) is 0 Å². The Bertz CT molecular complexity index is 476. The quantitative estimate of drug-likeness (QED) is 0.622. The predicted octanol–water partition coefficient (Wildman–Crippen LogP) is 1.64. The van der Waals surface area contributed by atoms with Crippen molar-refractivity contribution in [3.05, 3.63) is 23.2 Å². The molecule has 6 heteroatoms. The molecule has 1 aliphatic rings. The Morgan fingerprint density at radius 2 is 2.24 bits per heavy atom. The number of hydrogen-bond acceptors (Lipinski definition) is 4. The number of amides is 1. The van der Waals surface area contributed by atoms with E-state index in [0.29, 0.717) is 16.4 Å². The highest BCUT2D eigenvalue weighted by molar-refractivity contribution is 6.31. The predicted molar refractivity (Wildman–Crippen MR) is 64.1 cm³/mol. The van der Waals surface area contributed by atoms with E-state index in [9.17, 15) is 9.59 Å². The fourth-order valence-electron chi connectivity index (χ4n) is 1.56. The highest BCUT2D eigenvalue weighted by Gasteiger charge is 2.32. The van der Waals surface area contributed by atoms with E-state index in [1.807, 2.05) is 0 Å². The molecule has 0 radical (unpaired) electrons. The molecule has 1 atom stereocenters. The molecule has 17 heavy (non-hydrogen) atoms. The summed E-state index contributed by atoms with van der Waals surface area (Å²) in [6.07, 6.45) is 0. The van der Waals surface area contributed by atoms with Gasteiger partial charge >= 0.3 is 5.97 Å². The van der Waals surface area contributed by atoms with Gasteiger partial charge in [0.1, 0.15) is 0 Å². The van der Waals surface area contributed by atoms with Crippen LogP contribution in [-0.2, 0) is 14.3 Å². The van der Waals surface area contributed by atoms with Crippen molar-refractivity contribution in [2.45, 2.75) is 13.0 Å². The molecule has 5 nitrogen and oxygen atoms in total. The molecule has 0 aromatic heterocycles. The zero-order valence-corrected chi connectivity index (χ0v) is 9.88. The summed E-state index contributed by atoms with van der Waals surface area (Å²) < 4.78 is 4.80. The van der Waals surface area contributed by atoms with Gasteiger partial charge in [-0.2, -0.15) is 0 Å². The smallest absolute Gasteiger partial charge is 0.338 e. The van der Waals surface area contributed by atoms with E-state index in [1.165, 1.54) is 0 Å². The second-order valence-electron chi connectivity index (χ2n) is 3.51. The monoisotopic (exact) mass is 254 g/mol. The second-order valence-corrected chi connectivity index (χ2v) is 3.94. The van der Waals surface area contributed by atoms with Gasteiger partial charge in [-0.3, -0.25) is 4.79 Å². The van der Waals surface area contributed by atoms with Crippen LogP contribution in [0, 0.1) is 0 Å². The summed E-state index contributed by atoms with van der Waals surface area (Å²) in [6.45, 7) is 1.91. The van der Waals surface area contributed by atoms with Gasteiger partial charge in [0.2, 0.25) is 6.04 Å². The van der Waals surface area contributed by atoms with E-state index >= 15 is 0 Å². The van der Waals surface area contributed by atoms with Crippen molar-refractivity contribution in [3.63, 3.8) is 0 Å². The zero-order chi connectivity index (χ0) is 12.4. The summed E-state index contributed by atoms with van der Waals surface area (Å²) in [6, 6.07) is 3.94. The van der Waals surface area contributed by atoms with Crippen molar-refractivity contribution >= 4 is 34.9 Å². The van der Waals surface area contributed by atoms with E-state index in [1.54, 1.807) is 25.1 Å². The molecule has 0 bridgehead atoms. The maximum Gasteiger partial charge on any atom is 0.338 e. The van der Waals surface area contributed by atoms with E-state index in [2.05, 4.69) is 10.6 Å². The summed E-state index contributed by atoms with van der Waals surface area (Å²) in [7, 11) is 0. The molecular weight excluding hydrogens is 244 g/mol. The molecule has 1 aromatic rings. The van der Waals surface area contributed by atoms with Crippen LogP contribution < -0.4 is 10.6 Å². The Hall–Kier alpha value is -1.75. The topological polar surface area (TPSA) is 67.4 Å². The van der Waals surface area contributed by atoms with Gasteiger partial charge in [-0.05, 0) is 25.1 Å². The lowest BCUT2D eigenvalue weighted by molar-refractivity contribution is -0.146. The van der Waals surface area contributed by atoms with Gasteiger partial charge in [0, 0.05) is 5.02 Å². The number of halogens is 1. The van der Waals surface area contributed by atoms with E-state index in [4.69, 9.17) is 16.3 Å². The number of carbonyl (C=O) groups is 2. The molecule has 0 saturated carbocycles. The second kappa shape index (κ2) is 4.63. The molecule has 0 fully saturated rings. The lowest BCUT2D eigenvalue weighted by Crippen LogP contribution is -2.45. The summed E-state index contributed by atoms with van der Waals surface area (Å²) in [4.78, 5) is 23.2. The average Bonchev–Trinajstić information content (AvgIpc) is 2.29. The van der Waals surface area contributed by atoms with Gasteiger partial charge < -0.3 is 15.4 Å². The third-order valence-corrected chi connectivity index (χ3v) is 2.56. The Morgan fingerprint density at radius 3 is 2.94 bits per heavy atom. The largest absolute Gasteiger partial charge is 0.464 e. The SMILES string of the molecule is CCOC(=O)C1Nc2cc(Cl)ccc2NC1=O. The van der Waals surface area contributed by atoms with E-state index in [0.717, 1.165) is 0 Å². The first-order chi connectivity index (χ1) is 8.11. The average molecular weight is 255 g/mol. The summed E-state index contributed by atoms with van der Waals surface area (Å²) in [5, 5.41) is 5.94. The fourth-order valence-corrected chi connectivity index (χ4v) is 1.73. The zero-order valence-electron chi connectivity index (χ0n) is 9.12. The highest BCUT2D eigenvalue weighted by atomic mass is 35.5. The van der Waals surface area contributed by atoms with Crippen LogP contribution in [0.1, 0.15) is 6.92 Å². The molecule has 0 saturated heterocycles. The van der Waals surface area contributed by atoms with Gasteiger partial charge in [-0.15, -0.1) is 0 Å². The fraction of sp³-hybridized carbons (Fsp3) is 0.273. The first-order valence-corrected chi connectivity index (χ1v) is 5.53. The molecular formula is C11H11ClN2O3. The number of nitrogens with one attached hydrogen (secondary N) is 2. The lowest BCUT2D eigenvalue weighted by Gasteiger charge is -2.25.